The molecule has 0 spiro atoms. The summed E-state index contributed by atoms with van der Waals surface area (Å²) in [5.74, 6) is 0.798. The van der Waals surface area contributed by atoms with Gasteiger partial charge in [-0.3, -0.25) is 9.79 Å². The molecule has 0 amide bonds. The largest absolute Gasteiger partial charge is 0.355 e. The molecule has 7 heteroatoms. The standard InChI is InChI=1S/C20H28N4OS.HI/c1-20(2,26-4)15-23-19(21-3)22-13-16-8-10-17(11-9-16)14-24-12-6-5-7-18(24)25;/h5-12H,13-15H2,1-4H3,(H2,21,22,23);1H. The molecule has 0 bridgehead atoms. The van der Waals surface area contributed by atoms with Crippen LogP contribution in [0.15, 0.2) is 58.4 Å². The van der Waals surface area contributed by atoms with E-state index in [1.165, 1.54) is 5.56 Å². The van der Waals surface area contributed by atoms with E-state index in [1.54, 1.807) is 23.7 Å². The first-order valence-corrected chi connectivity index (χ1v) is 9.89. The molecule has 0 aliphatic carbocycles. The maximum Gasteiger partial charge on any atom is 0.250 e. The summed E-state index contributed by atoms with van der Waals surface area (Å²) < 4.78 is 1.86. The van der Waals surface area contributed by atoms with Gasteiger partial charge in [0.1, 0.15) is 0 Å². The SMILES string of the molecule is CN=C(NCc1ccc(Cn2ccccc2=O)cc1)NCC(C)(C)SC.I. The van der Waals surface area contributed by atoms with Gasteiger partial charge in [0.05, 0.1) is 6.54 Å². The number of nitrogens with zero attached hydrogens (tertiary/aromatic N) is 2. The number of hydrogen-bond donors (Lipinski definition) is 2. The van der Waals surface area contributed by atoms with Gasteiger partial charge in [-0.25, -0.2) is 0 Å². The Morgan fingerprint density at radius 3 is 2.37 bits per heavy atom. The van der Waals surface area contributed by atoms with Crippen LogP contribution >= 0.6 is 35.7 Å². The van der Waals surface area contributed by atoms with Crippen LogP contribution in [0, 0.1) is 0 Å². The number of thioether (sulfide) groups is 1. The molecule has 27 heavy (non-hydrogen) atoms. The first-order valence-electron chi connectivity index (χ1n) is 8.66. The van der Waals surface area contributed by atoms with E-state index in [1.807, 2.05) is 24.0 Å². The van der Waals surface area contributed by atoms with Crippen molar-refractivity contribution in [3.8, 4) is 0 Å². The van der Waals surface area contributed by atoms with Gasteiger partial charge in [-0.1, -0.05) is 30.3 Å². The molecule has 2 N–H and O–H groups in total. The van der Waals surface area contributed by atoms with E-state index in [0.29, 0.717) is 13.1 Å². The minimum atomic E-state index is 0. The van der Waals surface area contributed by atoms with Gasteiger partial charge < -0.3 is 15.2 Å². The second-order valence-electron chi connectivity index (χ2n) is 6.73. The summed E-state index contributed by atoms with van der Waals surface area (Å²) in [5, 5.41) is 6.70. The number of aromatic nitrogens is 1. The lowest BCUT2D eigenvalue weighted by Gasteiger charge is -2.23. The Morgan fingerprint density at radius 2 is 1.78 bits per heavy atom. The normalized spacial score (nSPS) is 11.6. The number of guanidine groups is 1. The van der Waals surface area contributed by atoms with Crippen molar-refractivity contribution in [2.24, 2.45) is 4.99 Å². The molecule has 0 fully saturated rings. The van der Waals surface area contributed by atoms with Crippen LogP contribution in [0.2, 0.25) is 0 Å². The molecular weight excluding hydrogens is 471 g/mol. The Bertz CT molecular complexity index is 787. The summed E-state index contributed by atoms with van der Waals surface area (Å²) in [6.07, 6.45) is 3.92. The number of nitrogens with one attached hydrogen (secondary N) is 2. The Kier molecular flexibility index (Phi) is 9.93. The predicted octanol–water partition coefficient (Wildman–Crippen LogP) is 3.32. The Balaban J connectivity index is 0.00000364. The quantitative estimate of drug-likeness (QED) is 0.348. The summed E-state index contributed by atoms with van der Waals surface area (Å²) in [5.41, 5.74) is 2.29. The summed E-state index contributed by atoms with van der Waals surface area (Å²) in [4.78, 5) is 16.1. The zero-order chi connectivity index (χ0) is 19.0. The van der Waals surface area contributed by atoms with Crippen molar-refractivity contribution in [3.05, 3.63) is 70.1 Å². The molecular formula is C20H29IN4OS. The van der Waals surface area contributed by atoms with Crippen LogP contribution < -0.4 is 16.2 Å². The predicted molar refractivity (Wildman–Crippen MR) is 127 cm³/mol. The average Bonchev–Trinajstić information content (AvgIpc) is 2.65. The van der Waals surface area contributed by atoms with E-state index >= 15 is 0 Å². The third-order valence-corrected chi connectivity index (χ3v) is 5.44. The van der Waals surface area contributed by atoms with E-state index in [4.69, 9.17) is 0 Å². The minimum Gasteiger partial charge on any atom is -0.355 e. The summed E-state index contributed by atoms with van der Waals surface area (Å²) in [6.45, 7) is 6.54. The number of hydrogen-bond acceptors (Lipinski definition) is 3. The Labute approximate surface area is 183 Å². The third kappa shape index (κ3) is 7.96. The minimum absolute atomic E-state index is 0. The maximum atomic E-state index is 11.8. The molecule has 0 aliphatic rings. The van der Waals surface area contributed by atoms with Crippen LogP contribution in [-0.4, -0.2) is 35.1 Å². The lowest BCUT2D eigenvalue weighted by molar-refractivity contribution is 0.664. The van der Waals surface area contributed by atoms with Gasteiger partial charge in [0, 0.05) is 37.1 Å². The van der Waals surface area contributed by atoms with Crippen molar-refractivity contribution in [1.29, 1.82) is 0 Å². The maximum absolute atomic E-state index is 11.8. The van der Waals surface area contributed by atoms with Crippen LogP contribution in [0.4, 0.5) is 0 Å². The lowest BCUT2D eigenvalue weighted by Crippen LogP contribution is -2.42. The molecule has 0 saturated carbocycles. The molecule has 2 rings (SSSR count). The van der Waals surface area contributed by atoms with E-state index in [2.05, 4.69) is 60.0 Å². The number of pyridine rings is 1. The molecule has 0 aliphatic heterocycles. The van der Waals surface area contributed by atoms with Gasteiger partial charge in [-0.05, 0) is 37.3 Å². The zero-order valence-corrected chi connectivity index (χ0v) is 19.5. The molecule has 0 radical (unpaired) electrons. The average molecular weight is 500 g/mol. The Hall–Kier alpha value is -1.48. The summed E-state index contributed by atoms with van der Waals surface area (Å²) in [7, 11) is 1.78. The first-order chi connectivity index (χ1) is 12.4. The van der Waals surface area contributed by atoms with Crippen molar-refractivity contribution < 1.29 is 0 Å². The molecule has 1 aromatic heterocycles. The van der Waals surface area contributed by atoms with E-state index < -0.39 is 0 Å². The van der Waals surface area contributed by atoms with Crippen molar-refractivity contribution in [2.75, 3.05) is 19.8 Å². The third-order valence-electron chi connectivity index (χ3n) is 4.19. The van der Waals surface area contributed by atoms with Crippen LogP contribution in [-0.2, 0) is 13.1 Å². The summed E-state index contributed by atoms with van der Waals surface area (Å²) in [6, 6.07) is 13.5. The zero-order valence-electron chi connectivity index (χ0n) is 16.4. The smallest absolute Gasteiger partial charge is 0.250 e. The number of halogens is 1. The Morgan fingerprint density at radius 1 is 1.11 bits per heavy atom. The van der Waals surface area contributed by atoms with Gasteiger partial charge in [0.2, 0.25) is 0 Å². The van der Waals surface area contributed by atoms with Gasteiger partial charge in [0.15, 0.2) is 5.96 Å². The molecule has 0 unspecified atom stereocenters. The monoisotopic (exact) mass is 500 g/mol. The molecule has 0 atom stereocenters. The van der Waals surface area contributed by atoms with Crippen molar-refractivity contribution in [2.45, 2.75) is 31.7 Å². The highest BCUT2D eigenvalue weighted by Gasteiger charge is 2.15. The van der Waals surface area contributed by atoms with Crippen LogP contribution in [0.1, 0.15) is 25.0 Å². The molecule has 1 heterocycles. The second-order valence-corrected chi connectivity index (χ2v) is 8.24. The molecule has 1 aromatic carbocycles. The number of benzene rings is 1. The second kappa shape index (κ2) is 11.4. The fraction of sp³-hybridized carbons (Fsp3) is 0.400. The van der Waals surface area contributed by atoms with Gasteiger partial charge >= 0.3 is 0 Å². The van der Waals surface area contributed by atoms with Crippen molar-refractivity contribution >= 4 is 41.7 Å². The lowest BCUT2D eigenvalue weighted by atomic mass is 10.1. The molecule has 2 aromatic rings. The summed E-state index contributed by atoms with van der Waals surface area (Å²) >= 11 is 1.83. The topological polar surface area (TPSA) is 58.4 Å². The molecule has 5 nitrogen and oxygen atoms in total. The molecule has 0 saturated heterocycles. The number of rotatable bonds is 7. The fourth-order valence-electron chi connectivity index (χ4n) is 2.33. The first kappa shape index (κ1) is 23.6. The van der Waals surface area contributed by atoms with E-state index in [0.717, 1.165) is 18.1 Å². The highest BCUT2D eigenvalue weighted by molar-refractivity contribution is 14.0. The van der Waals surface area contributed by atoms with Gasteiger partial charge in [-0.2, -0.15) is 11.8 Å². The van der Waals surface area contributed by atoms with Gasteiger partial charge in [-0.15, -0.1) is 24.0 Å². The highest BCUT2D eigenvalue weighted by atomic mass is 127. The molecule has 148 valence electrons. The highest BCUT2D eigenvalue weighted by Crippen LogP contribution is 2.19. The van der Waals surface area contributed by atoms with Gasteiger partial charge in [0.25, 0.3) is 5.56 Å². The van der Waals surface area contributed by atoms with Crippen molar-refractivity contribution in [1.82, 2.24) is 15.2 Å². The van der Waals surface area contributed by atoms with E-state index in [-0.39, 0.29) is 34.3 Å². The van der Waals surface area contributed by atoms with Crippen LogP contribution in [0.5, 0.6) is 0 Å². The number of aliphatic imine (C=N–C) groups is 1. The fourth-order valence-corrected chi connectivity index (χ4v) is 2.54. The van der Waals surface area contributed by atoms with E-state index in [9.17, 15) is 4.79 Å². The van der Waals surface area contributed by atoms with Crippen LogP contribution in [0.25, 0.3) is 0 Å². The van der Waals surface area contributed by atoms with Crippen LogP contribution in [0.3, 0.4) is 0 Å². The van der Waals surface area contributed by atoms with Crippen molar-refractivity contribution in [3.63, 3.8) is 0 Å².